The molecule has 1 saturated heterocycles. The van der Waals surface area contributed by atoms with Crippen LogP contribution in [0.5, 0.6) is 5.75 Å². The maximum absolute atomic E-state index is 10.6. The Kier molecular flexibility index (Phi) is 7.78. The molecule has 1 aliphatic rings. The number of nitrogens with zero attached hydrogens (tertiary/aromatic N) is 1. The fourth-order valence-corrected chi connectivity index (χ4v) is 2.87. The highest BCUT2D eigenvalue weighted by atomic mass is 16.5. The van der Waals surface area contributed by atoms with Crippen LogP contribution in [0.3, 0.4) is 0 Å². The number of carbonyl (C=O) groups excluding carboxylic acids is 1. The van der Waals surface area contributed by atoms with Gasteiger partial charge in [-0.1, -0.05) is 35.9 Å². The molecule has 1 aliphatic heterocycles. The Bertz CT molecular complexity index is 685. The van der Waals surface area contributed by atoms with Crippen molar-refractivity contribution in [3.05, 3.63) is 65.2 Å². The molecule has 3 rings (SSSR count). The quantitative estimate of drug-likeness (QED) is 0.636. The molecule has 2 aromatic carbocycles. The van der Waals surface area contributed by atoms with Crippen molar-refractivity contribution >= 4 is 6.29 Å². The molecule has 2 aromatic rings. The summed E-state index contributed by atoms with van der Waals surface area (Å²) >= 11 is 0. The molecule has 1 unspecified atom stereocenters. The number of hydrogen-bond donors (Lipinski definition) is 2. The van der Waals surface area contributed by atoms with Crippen LogP contribution in [0.15, 0.2) is 48.5 Å². The molecule has 0 radical (unpaired) electrons. The van der Waals surface area contributed by atoms with Gasteiger partial charge in [0.2, 0.25) is 0 Å². The second kappa shape index (κ2) is 10.1. The third kappa shape index (κ3) is 6.26. The molecule has 26 heavy (non-hydrogen) atoms. The van der Waals surface area contributed by atoms with Crippen LogP contribution in [0, 0.1) is 6.92 Å². The van der Waals surface area contributed by atoms with Gasteiger partial charge in [0.25, 0.3) is 0 Å². The van der Waals surface area contributed by atoms with Gasteiger partial charge >= 0.3 is 0 Å². The van der Waals surface area contributed by atoms with E-state index >= 15 is 0 Å². The Hall–Kier alpha value is -2.21. The molecule has 1 atom stereocenters. The van der Waals surface area contributed by atoms with E-state index in [-0.39, 0.29) is 6.04 Å². The molecule has 5 heteroatoms. The lowest BCUT2D eigenvalue weighted by molar-refractivity contribution is -0.0858. The number of benzene rings is 2. The van der Waals surface area contributed by atoms with Gasteiger partial charge in [-0.15, -0.1) is 0 Å². The highest BCUT2D eigenvalue weighted by Gasteiger charge is 2.25. The fourth-order valence-electron chi connectivity index (χ4n) is 2.87. The third-order valence-corrected chi connectivity index (χ3v) is 4.43. The number of aryl methyl sites for hydroxylation is 1. The molecule has 0 aromatic heterocycles. The summed E-state index contributed by atoms with van der Waals surface area (Å²) in [7, 11) is 1.91. The Morgan fingerprint density at radius 2 is 1.96 bits per heavy atom. The number of aliphatic hydroxyl groups is 2. The zero-order chi connectivity index (χ0) is 18.9. The molecular weight excluding hydrogens is 330 g/mol. The second-order valence-electron chi connectivity index (χ2n) is 6.57. The van der Waals surface area contributed by atoms with Crippen LogP contribution >= 0.6 is 0 Å². The first kappa shape index (κ1) is 20.1. The molecule has 0 spiro atoms. The predicted octanol–water partition coefficient (Wildman–Crippen LogP) is 2.78. The van der Waals surface area contributed by atoms with Crippen LogP contribution < -0.4 is 4.74 Å². The first-order valence-electron chi connectivity index (χ1n) is 8.79. The zero-order valence-corrected chi connectivity index (χ0v) is 15.3. The molecule has 5 nitrogen and oxygen atoms in total. The highest BCUT2D eigenvalue weighted by Crippen LogP contribution is 2.16. The Morgan fingerprint density at radius 3 is 2.50 bits per heavy atom. The van der Waals surface area contributed by atoms with E-state index in [9.17, 15) is 4.79 Å². The number of ether oxygens (including phenoxy) is 1. The summed E-state index contributed by atoms with van der Waals surface area (Å²) in [5, 5.41) is 17.5. The average Bonchev–Trinajstić information content (AvgIpc) is 3.08. The predicted molar refractivity (Wildman–Crippen MR) is 101 cm³/mol. The van der Waals surface area contributed by atoms with Crippen LogP contribution in [0.1, 0.15) is 34.3 Å². The summed E-state index contributed by atoms with van der Waals surface area (Å²) in [5.74, 6) is 0.840. The number of likely N-dealkylation sites (N-methyl/N-ethyl adjacent to an activating group) is 1. The number of likely N-dealkylation sites (tertiary alicyclic amines) is 1. The summed E-state index contributed by atoms with van der Waals surface area (Å²) in [6.45, 7) is 3.50. The standard InChI is InChI=1S/C15H14O2.C6H13NO2/c1-12-5-7-15(8-6-12)17-11-14-4-2-3-13(9-14)10-16;1-7-4-2-3-5(7)6(8)9/h2-10H,11H2,1H3;5-6,8-9H,2-4H2,1H3. The molecule has 2 N–H and O–H groups in total. The van der Waals surface area contributed by atoms with Gasteiger partial charge in [-0.25, -0.2) is 0 Å². The van der Waals surface area contributed by atoms with Gasteiger partial charge in [0.05, 0.1) is 6.04 Å². The van der Waals surface area contributed by atoms with Crippen LogP contribution in [-0.4, -0.2) is 47.3 Å². The van der Waals surface area contributed by atoms with Crippen molar-refractivity contribution in [2.24, 2.45) is 0 Å². The van der Waals surface area contributed by atoms with E-state index in [2.05, 4.69) is 0 Å². The van der Waals surface area contributed by atoms with E-state index in [1.807, 2.05) is 61.3 Å². The average molecular weight is 357 g/mol. The molecule has 0 saturated carbocycles. The molecule has 0 amide bonds. The first-order valence-corrected chi connectivity index (χ1v) is 8.79. The Balaban J connectivity index is 0.000000228. The highest BCUT2D eigenvalue weighted by molar-refractivity contribution is 5.74. The van der Waals surface area contributed by atoms with Crippen molar-refractivity contribution in [3.8, 4) is 5.75 Å². The maximum atomic E-state index is 10.6. The van der Waals surface area contributed by atoms with Crippen molar-refractivity contribution < 1.29 is 19.7 Å². The van der Waals surface area contributed by atoms with Crippen LogP contribution in [0.4, 0.5) is 0 Å². The lowest BCUT2D eigenvalue weighted by Gasteiger charge is -2.20. The second-order valence-corrected chi connectivity index (χ2v) is 6.57. The van der Waals surface area contributed by atoms with Crippen molar-refractivity contribution in [2.45, 2.75) is 38.7 Å². The third-order valence-electron chi connectivity index (χ3n) is 4.43. The van der Waals surface area contributed by atoms with Crippen molar-refractivity contribution in [2.75, 3.05) is 13.6 Å². The largest absolute Gasteiger partial charge is 0.489 e. The van der Waals surface area contributed by atoms with Gasteiger partial charge in [0.1, 0.15) is 18.6 Å². The number of carbonyl (C=O) groups is 1. The molecule has 1 heterocycles. The number of aldehydes is 1. The first-order chi connectivity index (χ1) is 12.5. The lowest BCUT2D eigenvalue weighted by Crippen LogP contribution is -2.35. The van der Waals surface area contributed by atoms with Gasteiger partial charge < -0.3 is 14.9 Å². The van der Waals surface area contributed by atoms with Crippen LogP contribution in [0.2, 0.25) is 0 Å². The smallest absolute Gasteiger partial charge is 0.167 e. The maximum Gasteiger partial charge on any atom is 0.167 e. The van der Waals surface area contributed by atoms with E-state index in [0.717, 1.165) is 37.0 Å². The van der Waals surface area contributed by atoms with Gasteiger partial charge in [0, 0.05) is 5.56 Å². The molecule has 140 valence electrons. The van der Waals surface area contributed by atoms with Crippen LogP contribution in [0.25, 0.3) is 0 Å². The van der Waals surface area contributed by atoms with Crippen LogP contribution in [-0.2, 0) is 6.61 Å². The van der Waals surface area contributed by atoms with E-state index in [1.54, 1.807) is 6.07 Å². The molecular formula is C21H27NO4. The van der Waals surface area contributed by atoms with Crippen molar-refractivity contribution in [3.63, 3.8) is 0 Å². The van der Waals surface area contributed by atoms with Gasteiger partial charge in [-0.05, 0) is 57.1 Å². The van der Waals surface area contributed by atoms with Gasteiger partial charge in [-0.2, -0.15) is 0 Å². The minimum atomic E-state index is -1.16. The summed E-state index contributed by atoms with van der Waals surface area (Å²) in [6, 6.07) is 15.3. The van der Waals surface area contributed by atoms with Gasteiger partial charge in [0.15, 0.2) is 6.29 Å². The Morgan fingerprint density at radius 1 is 1.23 bits per heavy atom. The summed E-state index contributed by atoms with van der Waals surface area (Å²) in [5.41, 5.74) is 2.88. The minimum absolute atomic E-state index is 0.0231. The Labute approximate surface area is 154 Å². The van der Waals surface area contributed by atoms with E-state index in [1.165, 1.54) is 5.56 Å². The topological polar surface area (TPSA) is 70.0 Å². The molecule has 0 bridgehead atoms. The number of aliphatic hydroxyl groups excluding tert-OH is 1. The molecule has 1 fully saturated rings. The normalized spacial score (nSPS) is 16.9. The summed E-state index contributed by atoms with van der Waals surface area (Å²) in [4.78, 5) is 12.6. The SMILES string of the molecule is CN1CCCC1C(O)O.Cc1ccc(OCc2cccc(C=O)c2)cc1. The minimum Gasteiger partial charge on any atom is -0.489 e. The van der Waals surface area contributed by atoms with Crippen molar-refractivity contribution in [1.29, 1.82) is 0 Å². The van der Waals surface area contributed by atoms with E-state index in [4.69, 9.17) is 14.9 Å². The fraction of sp³-hybridized carbons (Fsp3) is 0.381. The number of hydrogen-bond acceptors (Lipinski definition) is 5. The van der Waals surface area contributed by atoms with E-state index < -0.39 is 6.29 Å². The van der Waals surface area contributed by atoms with Crippen molar-refractivity contribution in [1.82, 2.24) is 4.90 Å². The van der Waals surface area contributed by atoms with Gasteiger partial charge in [-0.3, -0.25) is 9.69 Å². The molecule has 0 aliphatic carbocycles. The summed E-state index contributed by atoms with van der Waals surface area (Å²) in [6.07, 6.45) is 1.68. The van der Waals surface area contributed by atoms with E-state index in [0.29, 0.717) is 12.2 Å². The summed E-state index contributed by atoms with van der Waals surface area (Å²) < 4.78 is 5.63. The number of rotatable bonds is 5. The monoisotopic (exact) mass is 357 g/mol. The zero-order valence-electron chi connectivity index (χ0n) is 15.3. The lowest BCUT2D eigenvalue weighted by atomic mass is 10.1.